The van der Waals surface area contributed by atoms with Crippen LogP contribution in [-0.2, 0) is 18.7 Å². The molecular weight excluding hydrogens is 334 g/mol. The van der Waals surface area contributed by atoms with E-state index in [9.17, 15) is 33.6 Å². The van der Waals surface area contributed by atoms with Gasteiger partial charge in [0.2, 0.25) is 0 Å². The summed E-state index contributed by atoms with van der Waals surface area (Å²) in [5, 5.41) is 23.9. The normalized spacial score (nSPS) is 18.6. The molecule has 0 bridgehead atoms. The van der Waals surface area contributed by atoms with Gasteiger partial charge in [-0.25, -0.2) is 0 Å². The molecule has 0 saturated heterocycles. The molecule has 3 atom stereocenters. The number of aliphatic carboxylic acids is 2. The van der Waals surface area contributed by atoms with E-state index in [-0.39, 0.29) is 0 Å². The van der Waals surface area contributed by atoms with Crippen LogP contribution in [0.1, 0.15) is 19.8 Å². The predicted molar refractivity (Wildman–Crippen MR) is 66.8 cm³/mol. The van der Waals surface area contributed by atoms with Gasteiger partial charge < -0.3 is 34.9 Å². The number of aliphatic hydroxyl groups is 1. The summed E-state index contributed by atoms with van der Waals surface area (Å²) in [5.74, 6) is -4.26. The minimum Gasteiger partial charge on any atom is -0.481 e. The zero-order valence-corrected chi connectivity index (χ0v) is 12.5. The molecule has 0 aromatic carbocycles. The van der Waals surface area contributed by atoms with Crippen LogP contribution >= 0.6 is 15.2 Å². The zero-order chi connectivity index (χ0) is 17.2. The summed E-state index contributed by atoms with van der Waals surface area (Å²) in [5.41, 5.74) is -2.63. The third-order valence-corrected chi connectivity index (χ3v) is 5.70. The van der Waals surface area contributed by atoms with Crippen LogP contribution in [0, 0.1) is 0 Å². The lowest BCUT2D eigenvalue weighted by Gasteiger charge is -2.33. The highest BCUT2D eigenvalue weighted by Gasteiger charge is 2.58. The van der Waals surface area contributed by atoms with E-state index >= 15 is 0 Å². The van der Waals surface area contributed by atoms with Gasteiger partial charge in [0.1, 0.15) is 0 Å². The molecule has 0 heterocycles. The summed E-state index contributed by atoms with van der Waals surface area (Å²) in [6, 6.07) is 0. The van der Waals surface area contributed by atoms with Gasteiger partial charge in [0.05, 0.1) is 6.10 Å². The highest BCUT2D eigenvalue weighted by atomic mass is 31.2. The fourth-order valence-corrected chi connectivity index (χ4v) is 3.93. The Labute approximate surface area is 118 Å². The Balaban J connectivity index is 6.04. The lowest BCUT2D eigenvalue weighted by atomic mass is 9.95. The lowest BCUT2D eigenvalue weighted by molar-refractivity contribution is -0.142. The second kappa shape index (κ2) is 6.53. The van der Waals surface area contributed by atoms with E-state index in [4.69, 9.17) is 20.0 Å². The Morgan fingerprint density at radius 2 is 1.48 bits per heavy atom. The molecule has 11 nitrogen and oxygen atoms in total. The molecular formula is C8H16O11P2. The van der Waals surface area contributed by atoms with Gasteiger partial charge in [-0.15, -0.1) is 0 Å². The maximum Gasteiger partial charge on any atom is 0.342 e. The maximum atomic E-state index is 11.5. The number of rotatable bonds is 8. The minimum absolute atomic E-state index is 1.00. The molecule has 0 rings (SSSR count). The van der Waals surface area contributed by atoms with Gasteiger partial charge in [0.25, 0.3) is 0 Å². The number of carboxylic acid groups (broad SMARTS) is 2. The van der Waals surface area contributed by atoms with Crippen LogP contribution in [0.2, 0.25) is 0 Å². The van der Waals surface area contributed by atoms with Crippen molar-refractivity contribution in [2.75, 3.05) is 0 Å². The summed E-state index contributed by atoms with van der Waals surface area (Å²) in [7, 11) is -10.9. The highest BCUT2D eigenvalue weighted by molar-refractivity contribution is 7.55. The standard InChI is InChI=1S/C8H16O11P2/c1-4(9)2-8(7(12)13,21(17,18)19)3-5(6(10)11)20(14,15)16/h4-5,9H,2-3H2,1H3,(H,10,11)(H,12,13)(H2,14,15,16)(H2,17,18,19). The van der Waals surface area contributed by atoms with Crippen molar-refractivity contribution in [3.05, 3.63) is 0 Å². The van der Waals surface area contributed by atoms with E-state index in [0.717, 1.165) is 6.92 Å². The molecule has 13 heteroatoms. The van der Waals surface area contributed by atoms with Crippen LogP contribution in [-0.4, -0.2) is 63.8 Å². The van der Waals surface area contributed by atoms with Gasteiger partial charge in [0, 0.05) is 6.42 Å². The van der Waals surface area contributed by atoms with E-state index < -0.39 is 56.9 Å². The molecule has 0 aliphatic carbocycles. The molecule has 0 amide bonds. The van der Waals surface area contributed by atoms with Crippen molar-refractivity contribution < 1.29 is 53.6 Å². The Bertz CT molecular complexity index is 502. The third-order valence-electron chi connectivity index (χ3n) is 2.81. The average molecular weight is 350 g/mol. The van der Waals surface area contributed by atoms with Crippen molar-refractivity contribution in [2.24, 2.45) is 0 Å². The molecule has 0 aromatic heterocycles. The third kappa shape index (κ3) is 4.86. The van der Waals surface area contributed by atoms with Crippen molar-refractivity contribution in [1.29, 1.82) is 0 Å². The SMILES string of the molecule is CC(O)CC(CC(C(=O)O)P(=O)(O)O)(C(=O)O)P(=O)(O)O. The summed E-state index contributed by atoms with van der Waals surface area (Å²) < 4.78 is 22.6. The molecule has 0 spiro atoms. The van der Waals surface area contributed by atoms with Crippen LogP contribution in [0.25, 0.3) is 0 Å². The molecule has 0 radical (unpaired) electrons. The molecule has 0 aromatic rings. The molecule has 124 valence electrons. The van der Waals surface area contributed by atoms with Crippen LogP contribution < -0.4 is 0 Å². The van der Waals surface area contributed by atoms with Crippen molar-refractivity contribution in [1.82, 2.24) is 0 Å². The Morgan fingerprint density at radius 3 is 1.67 bits per heavy atom. The average Bonchev–Trinajstić information content (AvgIpc) is 2.18. The zero-order valence-electron chi connectivity index (χ0n) is 10.7. The van der Waals surface area contributed by atoms with Crippen molar-refractivity contribution in [3.8, 4) is 0 Å². The first-order valence-electron chi connectivity index (χ1n) is 5.40. The summed E-state index contributed by atoms with van der Waals surface area (Å²) in [6.07, 6.45) is -4.16. The molecule has 0 fully saturated rings. The van der Waals surface area contributed by atoms with Gasteiger partial charge in [-0.3, -0.25) is 18.7 Å². The summed E-state index contributed by atoms with van der Waals surface area (Å²) in [6.45, 7) is 1.00. The fourth-order valence-electron chi connectivity index (χ4n) is 1.78. The fraction of sp³-hybridized carbons (Fsp3) is 0.750. The van der Waals surface area contributed by atoms with Crippen LogP contribution in [0.5, 0.6) is 0 Å². The topological polar surface area (TPSA) is 210 Å². The summed E-state index contributed by atoms with van der Waals surface area (Å²) in [4.78, 5) is 58.4. The van der Waals surface area contributed by atoms with Gasteiger partial charge in [-0.1, -0.05) is 0 Å². The molecule has 0 aliphatic heterocycles. The van der Waals surface area contributed by atoms with Crippen molar-refractivity contribution in [2.45, 2.75) is 36.7 Å². The monoisotopic (exact) mass is 350 g/mol. The first-order valence-corrected chi connectivity index (χ1v) is 8.69. The van der Waals surface area contributed by atoms with Gasteiger partial charge in [-0.05, 0) is 13.3 Å². The molecule has 0 aliphatic rings. The van der Waals surface area contributed by atoms with Gasteiger partial charge in [0.15, 0.2) is 10.8 Å². The van der Waals surface area contributed by atoms with Gasteiger partial charge >= 0.3 is 27.1 Å². The van der Waals surface area contributed by atoms with Crippen molar-refractivity contribution in [3.63, 3.8) is 0 Å². The van der Waals surface area contributed by atoms with E-state index in [1.807, 2.05) is 0 Å². The van der Waals surface area contributed by atoms with E-state index in [1.165, 1.54) is 0 Å². The van der Waals surface area contributed by atoms with E-state index in [2.05, 4.69) is 0 Å². The first kappa shape index (κ1) is 20.2. The number of carboxylic acids is 2. The second-order valence-electron chi connectivity index (χ2n) is 4.58. The van der Waals surface area contributed by atoms with Crippen LogP contribution in [0.4, 0.5) is 0 Å². The number of aliphatic hydroxyl groups excluding tert-OH is 1. The predicted octanol–water partition coefficient (Wildman–Crippen LogP) is -1.22. The molecule has 3 unspecified atom stereocenters. The second-order valence-corrected chi connectivity index (χ2v) is 8.33. The number of hydrogen-bond donors (Lipinski definition) is 7. The lowest BCUT2D eigenvalue weighted by Crippen LogP contribution is -2.45. The number of carbonyl (C=O) groups is 2. The minimum atomic E-state index is -5.55. The summed E-state index contributed by atoms with van der Waals surface area (Å²) >= 11 is 0. The maximum absolute atomic E-state index is 11.5. The highest BCUT2D eigenvalue weighted by Crippen LogP contribution is 2.59. The van der Waals surface area contributed by atoms with Gasteiger partial charge in [-0.2, -0.15) is 0 Å². The van der Waals surface area contributed by atoms with Crippen LogP contribution in [0.15, 0.2) is 0 Å². The molecule has 7 N–H and O–H groups in total. The molecule has 0 saturated carbocycles. The van der Waals surface area contributed by atoms with E-state index in [1.54, 1.807) is 0 Å². The Morgan fingerprint density at radius 1 is 1.05 bits per heavy atom. The van der Waals surface area contributed by atoms with E-state index in [0.29, 0.717) is 0 Å². The smallest absolute Gasteiger partial charge is 0.342 e. The largest absolute Gasteiger partial charge is 0.481 e. The van der Waals surface area contributed by atoms with Crippen molar-refractivity contribution >= 4 is 27.1 Å². The Hall–Kier alpha value is -0.800. The molecule has 21 heavy (non-hydrogen) atoms. The van der Waals surface area contributed by atoms with Crippen LogP contribution in [0.3, 0.4) is 0 Å². The Kier molecular flexibility index (Phi) is 6.28. The quantitative estimate of drug-likeness (QED) is 0.258. The first-order chi connectivity index (χ1) is 9.15. The number of hydrogen-bond acceptors (Lipinski definition) is 5.